The second-order valence-corrected chi connectivity index (χ2v) is 8.77. The molecule has 4 aromatic rings. The van der Waals surface area contributed by atoms with Crippen molar-refractivity contribution in [2.45, 2.75) is 19.0 Å². The molecule has 4 nitrogen and oxygen atoms in total. The van der Waals surface area contributed by atoms with Crippen LogP contribution in [-0.4, -0.2) is 21.1 Å². The lowest BCUT2D eigenvalue weighted by atomic mass is 10.0. The minimum absolute atomic E-state index is 0.0311. The molecule has 29 heavy (non-hydrogen) atoms. The van der Waals surface area contributed by atoms with Crippen LogP contribution in [0.4, 0.5) is 0 Å². The van der Waals surface area contributed by atoms with Crippen molar-refractivity contribution < 1.29 is 4.79 Å². The van der Waals surface area contributed by atoms with Gasteiger partial charge in [-0.3, -0.25) is 14.2 Å². The highest BCUT2D eigenvalue weighted by Crippen LogP contribution is 2.32. The quantitative estimate of drug-likeness (QED) is 0.251. The van der Waals surface area contributed by atoms with Gasteiger partial charge in [0, 0.05) is 23.6 Å². The molecule has 0 bridgehead atoms. The predicted octanol–water partition coefficient (Wildman–Crippen LogP) is 5.25. The summed E-state index contributed by atoms with van der Waals surface area (Å²) in [4.78, 5) is 31.0. The lowest BCUT2D eigenvalue weighted by Gasteiger charge is -2.08. The molecule has 2 aromatic carbocycles. The first kappa shape index (κ1) is 19.6. The molecule has 0 unspecified atom stereocenters. The highest BCUT2D eigenvalue weighted by molar-refractivity contribution is 7.99. The van der Waals surface area contributed by atoms with Crippen LogP contribution >= 0.6 is 23.1 Å². The lowest BCUT2D eigenvalue weighted by Crippen LogP contribution is -2.20. The summed E-state index contributed by atoms with van der Waals surface area (Å²) in [6.07, 6.45) is 0. The van der Waals surface area contributed by atoms with Crippen LogP contribution in [0.3, 0.4) is 0 Å². The second-order valence-electron chi connectivity index (χ2n) is 6.96. The first-order chi connectivity index (χ1) is 14.0. The van der Waals surface area contributed by atoms with Crippen molar-refractivity contribution in [3.63, 3.8) is 0 Å². The summed E-state index contributed by atoms with van der Waals surface area (Å²) in [6.45, 7) is 4.03. The molecule has 0 aliphatic heterocycles. The number of rotatable bonds is 5. The van der Waals surface area contributed by atoms with Crippen molar-refractivity contribution in [2.75, 3.05) is 5.75 Å². The topological polar surface area (TPSA) is 52.0 Å². The molecular formula is C23H20N2O2S2. The van der Waals surface area contributed by atoms with Crippen LogP contribution in [0.5, 0.6) is 0 Å². The first-order valence-electron chi connectivity index (χ1n) is 9.22. The third kappa shape index (κ3) is 3.78. The smallest absolute Gasteiger partial charge is 0.263 e. The summed E-state index contributed by atoms with van der Waals surface area (Å²) < 4.78 is 1.54. The molecule has 0 spiro atoms. The van der Waals surface area contributed by atoms with E-state index >= 15 is 0 Å². The Bertz CT molecular complexity index is 1270. The van der Waals surface area contributed by atoms with Crippen LogP contribution < -0.4 is 5.56 Å². The van der Waals surface area contributed by atoms with Gasteiger partial charge in [-0.05, 0) is 36.6 Å². The number of ketones is 1. The summed E-state index contributed by atoms with van der Waals surface area (Å²) >= 11 is 2.76. The molecule has 6 heteroatoms. The van der Waals surface area contributed by atoms with Gasteiger partial charge in [0.15, 0.2) is 10.9 Å². The third-order valence-corrected chi connectivity index (χ3v) is 6.92. The van der Waals surface area contributed by atoms with Crippen LogP contribution in [0, 0.1) is 13.8 Å². The highest BCUT2D eigenvalue weighted by Gasteiger charge is 2.17. The number of aryl methyl sites for hydroxylation is 2. The molecule has 146 valence electrons. The molecule has 4 rings (SSSR count). The Hall–Kier alpha value is -2.70. The van der Waals surface area contributed by atoms with E-state index < -0.39 is 0 Å². The zero-order valence-corrected chi connectivity index (χ0v) is 18.1. The van der Waals surface area contributed by atoms with E-state index in [-0.39, 0.29) is 17.1 Å². The summed E-state index contributed by atoms with van der Waals surface area (Å²) in [5, 5.41) is 3.16. The highest BCUT2D eigenvalue weighted by atomic mass is 32.2. The number of hydrogen-bond donors (Lipinski definition) is 0. The van der Waals surface area contributed by atoms with Gasteiger partial charge in [0.2, 0.25) is 0 Å². The van der Waals surface area contributed by atoms with E-state index in [0.29, 0.717) is 20.9 Å². The fraction of sp³-hybridized carbons (Fsp3) is 0.174. The number of carbonyl (C=O) groups excluding carboxylic acids is 1. The number of aromatic nitrogens is 2. The molecule has 0 N–H and O–H groups in total. The van der Waals surface area contributed by atoms with Crippen molar-refractivity contribution in [3.8, 4) is 11.1 Å². The Labute approximate surface area is 177 Å². The van der Waals surface area contributed by atoms with Crippen LogP contribution in [0.1, 0.15) is 21.5 Å². The fourth-order valence-electron chi connectivity index (χ4n) is 3.14. The maximum Gasteiger partial charge on any atom is 0.263 e. The minimum Gasteiger partial charge on any atom is -0.293 e. The van der Waals surface area contributed by atoms with Crippen molar-refractivity contribution in [2.24, 2.45) is 7.05 Å². The van der Waals surface area contributed by atoms with Gasteiger partial charge in [0.05, 0.1) is 11.1 Å². The Morgan fingerprint density at radius 1 is 1.10 bits per heavy atom. The molecule has 0 aliphatic carbocycles. The largest absolute Gasteiger partial charge is 0.293 e. The molecule has 2 heterocycles. The summed E-state index contributed by atoms with van der Waals surface area (Å²) in [5.74, 6) is 0.272. The maximum absolute atomic E-state index is 13.0. The number of fused-ring (bicyclic) bond motifs is 1. The van der Waals surface area contributed by atoms with Gasteiger partial charge < -0.3 is 0 Å². The predicted molar refractivity (Wildman–Crippen MR) is 121 cm³/mol. The number of carbonyl (C=O) groups is 1. The van der Waals surface area contributed by atoms with E-state index in [4.69, 9.17) is 0 Å². The zero-order chi connectivity index (χ0) is 20.5. The molecule has 0 amide bonds. The average molecular weight is 421 g/mol. The van der Waals surface area contributed by atoms with E-state index in [2.05, 4.69) is 4.98 Å². The third-order valence-electron chi connectivity index (χ3n) is 5.02. The number of benzene rings is 2. The fourth-order valence-corrected chi connectivity index (χ4v) is 5.00. The van der Waals surface area contributed by atoms with Crippen LogP contribution in [0.15, 0.2) is 63.9 Å². The number of thioether (sulfide) groups is 1. The monoisotopic (exact) mass is 420 g/mol. The van der Waals surface area contributed by atoms with Crippen LogP contribution in [-0.2, 0) is 7.05 Å². The molecule has 0 saturated heterocycles. The van der Waals surface area contributed by atoms with E-state index in [1.54, 1.807) is 11.6 Å². The van der Waals surface area contributed by atoms with Gasteiger partial charge in [-0.2, -0.15) is 0 Å². The molecule has 0 fully saturated rings. The minimum atomic E-state index is -0.0868. The molecule has 0 saturated carbocycles. The number of nitrogens with zero attached hydrogens (tertiary/aromatic N) is 2. The van der Waals surface area contributed by atoms with E-state index in [0.717, 1.165) is 22.3 Å². The van der Waals surface area contributed by atoms with Gasteiger partial charge in [0.25, 0.3) is 5.56 Å². The average Bonchev–Trinajstić information content (AvgIpc) is 3.16. The molecule has 0 aliphatic rings. The van der Waals surface area contributed by atoms with E-state index in [1.165, 1.54) is 23.1 Å². The van der Waals surface area contributed by atoms with E-state index in [1.807, 2.05) is 67.8 Å². The first-order valence-corrected chi connectivity index (χ1v) is 11.1. The van der Waals surface area contributed by atoms with Crippen molar-refractivity contribution in [1.29, 1.82) is 0 Å². The standard InChI is InChI=1S/C23H20N2O2S2/c1-14-9-10-17(11-15(14)2)19(26)13-29-23-24-21-20(22(27)25(23)3)18(12-28-21)16-7-5-4-6-8-16/h4-12H,13H2,1-3H3. The summed E-state index contributed by atoms with van der Waals surface area (Å²) in [6, 6.07) is 15.6. The van der Waals surface area contributed by atoms with Crippen LogP contribution in [0.2, 0.25) is 0 Å². The molecule has 0 radical (unpaired) electrons. The molecular weight excluding hydrogens is 400 g/mol. The Kier molecular flexibility index (Phi) is 5.39. The number of hydrogen-bond acceptors (Lipinski definition) is 5. The Morgan fingerprint density at radius 3 is 2.59 bits per heavy atom. The van der Waals surface area contributed by atoms with Gasteiger partial charge in [-0.15, -0.1) is 11.3 Å². The van der Waals surface area contributed by atoms with Gasteiger partial charge in [-0.25, -0.2) is 4.98 Å². The van der Waals surface area contributed by atoms with Gasteiger partial charge in [0.1, 0.15) is 4.83 Å². The van der Waals surface area contributed by atoms with Gasteiger partial charge >= 0.3 is 0 Å². The lowest BCUT2D eigenvalue weighted by molar-refractivity contribution is 0.102. The van der Waals surface area contributed by atoms with E-state index in [9.17, 15) is 9.59 Å². The molecule has 2 aromatic heterocycles. The number of thiophene rings is 1. The summed E-state index contributed by atoms with van der Waals surface area (Å²) in [7, 11) is 1.71. The molecule has 0 atom stereocenters. The normalized spacial score (nSPS) is 11.1. The Morgan fingerprint density at radius 2 is 1.86 bits per heavy atom. The zero-order valence-electron chi connectivity index (χ0n) is 16.4. The van der Waals surface area contributed by atoms with Crippen molar-refractivity contribution in [3.05, 3.63) is 81.0 Å². The maximum atomic E-state index is 13.0. The SMILES string of the molecule is Cc1ccc(C(=O)CSc2nc3scc(-c4ccccc4)c3c(=O)n2C)cc1C. The second kappa shape index (κ2) is 7.97. The summed E-state index contributed by atoms with van der Waals surface area (Å²) in [5.41, 5.74) is 4.77. The van der Waals surface area contributed by atoms with Gasteiger partial charge in [-0.1, -0.05) is 54.2 Å². The van der Waals surface area contributed by atoms with Crippen molar-refractivity contribution >= 4 is 39.1 Å². The Balaban J connectivity index is 1.63. The number of Topliss-reactive ketones (excluding diaryl/α,β-unsaturated/α-hetero) is 1. The van der Waals surface area contributed by atoms with Crippen molar-refractivity contribution in [1.82, 2.24) is 9.55 Å². The van der Waals surface area contributed by atoms with Crippen LogP contribution in [0.25, 0.3) is 21.3 Å².